The lowest BCUT2D eigenvalue weighted by Gasteiger charge is -2.12. The highest BCUT2D eigenvalue weighted by molar-refractivity contribution is 14.0. The number of thiazole rings is 1. The van der Waals surface area contributed by atoms with Crippen LogP contribution in [0.4, 0.5) is 0 Å². The van der Waals surface area contributed by atoms with Gasteiger partial charge in [0.25, 0.3) is 0 Å². The molecule has 25 heavy (non-hydrogen) atoms. The second-order valence-corrected chi connectivity index (χ2v) is 7.08. The fraction of sp³-hybridized carbons (Fsp3) is 0.474. The summed E-state index contributed by atoms with van der Waals surface area (Å²) in [5.74, 6) is 0.857. The van der Waals surface area contributed by atoms with E-state index in [0.29, 0.717) is 6.54 Å². The number of nitrogens with one attached hydrogen (secondary N) is 2. The Morgan fingerprint density at radius 2 is 2.00 bits per heavy atom. The molecule has 0 atom stereocenters. The van der Waals surface area contributed by atoms with Crippen LogP contribution in [0.5, 0.6) is 0 Å². The van der Waals surface area contributed by atoms with Gasteiger partial charge in [-0.15, -0.1) is 35.3 Å². The van der Waals surface area contributed by atoms with Crippen LogP contribution in [-0.2, 0) is 19.4 Å². The van der Waals surface area contributed by atoms with E-state index in [2.05, 4.69) is 66.5 Å². The topological polar surface area (TPSA) is 49.3 Å². The van der Waals surface area contributed by atoms with E-state index in [1.54, 1.807) is 11.3 Å². The van der Waals surface area contributed by atoms with Crippen molar-refractivity contribution in [3.8, 4) is 0 Å². The van der Waals surface area contributed by atoms with E-state index in [9.17, 15) is 0 Å². The van der Waals surface area contributed by atoms with Gasteiger partial charge in [-0.25, -0.2) is 9.98 Å². The number of guanidine groups is 1. The minimum absolute atomic E-state index is 0. The monoisotopic (exact) mass is 472 g/mol. The molecule has 0 spiro atoms. The Bertz CT molecular complexity index is 682. The third kappa shape index (κ3) is 7.32. The summed E-state index contributed by atoms with van der Waals surface area (Å²) in [5.41, 5.74) is 4.05. The van der Waals surface area contributed by atoms with Crippen molar-refractivity contribution >= 4 is 41.3 Å². The second-order valence-electron chi connectivity index (χ2n) is 5.88. The van der Waals surface area contributed by atoms with Gasteiger partial charge in [0.05, 0.1) is 6.54 Å². The number of aryl methyl sites for hydroxylation is 3. The third-order valence-corrected chi connectivity index (χ3v) is 4.98. The Hall–Kier alpha value is -1.15. The Balaban J connectivity index is 0.00000312. The summed E-state index contributed by atoms with van der Waals surface area (Å²) in [6, 6.07) is 6.63. The van der Waals surface area contributed by atoms with Crippen LogP contribution >= 0.6 is 35.3 Å². The van der Waals surface area contributed by atoms with Gasteiger partial charge in [-0.1, -0.05) is 30.7 Å². The first-order chi connectivity index (χ1) is 11.6. The summed E-state index contributed by atoms with van der Waals surface area (Å²) < 4.78 is 0. The maximum absolute atomic E-state index is 4.64. The number of rotatable bonds is 7. The van der Waals surface area contributed by atoms with E-state index in [0.717, 1.165) is 36.9 Å². The van der Waals surface area contributed by atoms with Crippen molar-refractivity contribution in [2.75, 3.05) is 13.1 Å². The Morgan fingerprint density at radius 1 is 1.20 bits per heavy atom. The number of aromatic nitrogens is 1. The highest BCUT2D eigenvalue weighted by Crippen LogP contribution is 2.14. The molecule has 2 aromatic rings. The van der Waals surface area contributed by atoms with Crippen LogP contribution < -0.4 is 10.6 Å². The summed E-state index contributed by atoms with van der Waals surface area (Å²) in [4.78, 5) is 10.4. The summed E-state index contributed by atoms with van der Waals surface area (Å²) in [6.45, 7) is 10.9. The normalized spacial score (nSPS) is 11.1. The number of benzene rings is 1. The Labute approximate surface area is 172 Å². The van der Waals surface area contributed by atoms with Crippen LogP contribution in [0.1, 0.15) is 40.4 Å². The minimum Gasteiger partial charge on any atom is -0.357 e. The summed E-state index contributed by atoms with van der Waals surface area (Å²) in [5, 5.41) is 7.79. The molecule has 0 aliphatic heterocycles. The van der Waals surface area contributed by atoms with Crippen LogP contribution in [0, 0.1) is 13.8 Å². The van der Waals surface area contributed by atoms with Crippen molar-refractivity contribution in [2.45, 2.75) is 47.1 Å². The molecule has 1 aromatic carbocycles. The van der Waals surface area contributed by atoms with Crippen molar-refractivity contribution < 1.29 is 0 Å². The van der Waals surface area contributed by atoms with Gasteiger partial charge in [-0.2, -0.15) is 0 Å². The number of nitrogens with zero attached hydrogens (tertiary/aromatic N) is 2. The van der Waals surface area contributed by atoms with Crippen LogP contribution in [0.2, 0.25) is 0 Å². The summed E-state index contributed by atoms with van der Waals surface area (Å²) >= 11 is 1.74. The number of hydrogen-bond donors (Lipinski definition) is 2. The third-order valence-electron chi connectivity index (χ3n) is 3.85. The van der Waals surface area contributed by atoms with Crippen LogP contribution in [0.15, 0.2) is 29.4 Å². The van der Waals surface area contributed by atoms with Crippen molar-refractivity contribution in [2.24, 2.45) is 4.99 Å². The fourth-order valence-electron chi connectivity index (χ4n) is 2.51. The Kier molecular flexibility index (Phi) is 10.0. The van der Waals surface area contributed by atoms with E-state index in [4.69, 9.17) is 0 Å². The molecule has 4 nitrogen and oxygen atoms in total. The standard InChI is InChI=1S/C19H28N4S.HI/c1-5-17-12-22-18(24-17)13-23-19(20-6-2)21-10-9-16-8-7-14(3)11-15(16)4;/h7-8,11-12H,5-6,9-10,13H2,1-4H3,(H2,20,21,23);1H. The molecular formula is C19H29IN4S. The molecule has 0 aliphatic carbocycles. The van der Waals surface area contributed by atoms with Gasteiger partial charge >= 0.3 is 0 Å². The Morgan fingerprint density at radius 3 is 2.64 bits per heavy atom. The molecule has 0 saturated heterocycles. The molecule has 0 unspecified atom stereocenters. The van der Waals surface area contributed by atoms with E-state index >= 15 is 0 Å². The van der Waals surface area contributed by atoms with Gasteiger partial charge in [-0.05, 0) is 44.7 Å². The van der Waals surface area contributed by atoms with Crippen LogP contribution in [-0.4, -0.2) is 24.0 Å². The first-order valence-corrected chi connectivity index (χ1v) is 9.46. The van der Waals surface area contributed by atoms with Crippen molar-refractivity contribution in [1.82, 2.24) is 15.6 Å². The molecule has 0 saturated carbocycles. The van der Waals surface area contributed by atoms with Gasteiger partial charge in [0.15, 0.2) is 5.96 Å². The van der Waals surface area contributed by atoms with Gasteiger partial charge in [0.2, 0.25) is 0 Å². The van der Waals surface area contributed by atoms with Crippen LogP contribution in [0.3, 0.4) is 0 Å². The molecule has 2 rings (SSSR count). The molecular weight excluding hydrogens is 443 g/mol. The largest absolute Gasteiger partial charge is 0.357 e. The first-order valence-electron chi connectivity index (χ1n) is 8.64. The number of aliphatic imine (C=N–C) groups is 1. The highest BCUT2D eigenvalue weighted by Gasteiger charge is 2.03. The minimum atomic E-state index is 0. The van der Waals surface area contributed by atoms with E-state index < -0.39 is 0 Å². The number of hydrogen-bond acceptors (Lipinski definition) is 3. The van der Waals surface area contributed by atoms with Crippen molar-refractivity contribution in [3.63, 3.8) is 0 Å². The average molecular weight is 472 g/mol. The van der Waals surface area contributed by atoms with Crippen LogP contribution in [0.25, 0.3) is 0 Å². The molecule has 0 radical (unpaired) electrons. The lowest BCUT2D eigenvalue weighted by atomic mass is 10.0. The molecule has 0 bridgehead atoms. The molecule has 0 aliphatic rings. The first kappa shape index (κ1) is 21.9. The van der Waals surface area contributed by atoms with Gasteiger partial charge < -0.3 is 10.6 Å². The quantitative estimate of drug-likeness (QED) is 0.360. The number of halogens is 1. The van der Waals surface area contributed by atoms with Gasteiger partial charge in [0.1, 0.15) is 5.01 Å². The fourth-order valence-corrected chi connectivity index (χ4v) is 3.30. The lowest BCUT2D eigenvalue weighted by molar-refractivity contribution is 0.796. The van der Waals surface area contributed by atoms with E-state index in [1.807, 2.05) is 6.20 Å². The SMILES string of the molecule is CCNC(=NCc1ncc(CC)s1)NCCc1ccc(C)cc1C.I. The van der Waals surface area contributed by atoms with Crippen molar-refractivity contribution in [1.29, 1.82) is 0 Å². The molecule has 138 valence electrons. The zero-order chi connectivity index (χ0) is 17.4. The molecule has 0 fully saturated rings. The molecule has 2 N–H and O–H groups in total. The van der Waals surface area contributed by atoms with Gasteiger partial charge in [0, 0.05) is 24.2 Å². The molecule has 1 heterocycles. The smallest absolute Gasteiger partial charge is 0.191 e. The zero-order valence-electron chi connectivity index (χ0n) is 15.6. The summed E-state index contributed by atoms with van der Waals surface area (Å²) in [7, 11) is 0. The van der Waals surface area contributed by atoms with Crippen molar-refractivity contribution in [3.05, 3.63) is 51.0 Å². The maximum atomic E-state index is 4.64. The molecule has 6 heteroatoms. The molecule has 1 aromatic heterocycles. The van der Waals surface area contributed by atoms with Gasteiger partial charge in [-0.3, -0.25) is 0 Å². The van der Waals surface area contributed by atoms with E-state index in [1.165, 1.54) is 21.6 Å². The highest BCUT2D eigenvalue weighted by atomic mass is 127. The van der Waals surface area contributed by atoms with E-state index in [-0.39, 0.29) is 24.0 Å². The summed E-state index contributed by atoms with van der Waals surface area (Å²) in [6.07, 6.45) is 3.99. The predicted molar refractivity (Wildman–Crippen MR) is 119 cm³/mol. The lowest BCUT2D eigenvalue weighted by Crippen LogP contribution is -2.38. The average Bonchev–Trinajstić information content (AvgIpc) is 3.02. The predicted octanol–water partition coefficient (Wildman–Crippen LogP) is 4.24. The molecule has 0 amide bonds. The second kappa shape index (κ2) is 11.5. The maximum Gasteiger partial charge on any atom is 0.191 e. The zero-order valence-corrected chi connectivity index (χ0v) is 18.7.